The van der Waals surface area contributed by atoms with E-state index in [1.54, 1.807) is 0 Å². The molecule has 1 unspecified atom stereocenters. The van der Waals surface area contributed by atoms with E-state index in [0.717, 1.165) is 12.8 Å². The summed E-state index contributed by atoms with van der Waals surface area (Å²) in [4.78, 5) is 0. The van der Waals surface area contributed by atoms with Gasteiger partial charge in [-0.3, -0.25) is 12.2 Å². The Morgan fingerprint density at radius 1 is 0.808 bits per heavy atom. The van der Waals surface area contributed by atoms with Crippen LogP contribution in [-0.2, 0) is 41.5 Å². The van der Waals surface area contributed by atoms with E-state index >= 15 is 0 Å². The summed E-state index contributed by atoms with van der Waals surface area (Å²) < 4.78 is 2.23. The van der Waals surface area contributed by atoms with Crippen LogP contribution in [0.5, 0.6) is 0 Å². The zero-order valence-electron chi connectivity index (χ0n) is 33.0. The molecular weight excluding hydrogens is 751 g/mol. The Balaban J connectivity index is 0.000000191. The molecule has 0 bridgehead atoms. The van der Waals surface area contributed by atoms with Gasteiger partial charge in [-0.2, -0.15) is 17.2 Å². The number of fused-ring (bicyclic) bond motifs is 6. The molecular formula is C49H54Cl2Zr-2. The molecule has 0 fully saturated rings. The van der Waals surface area contributed by atoms with Crippen LogP contribution in [0.1, 0.15) is 128 Å². The fourth-order valence-electron chi connectivity index (χ4n) is 8.51. The summed E-state index contributed by atoms with van der Waals surface area (Å²) in [5, 5.41) is 2.69. The number of hydrogen-bond donors (Lipinski definition) is 0. The predicted molar refractivity (Wildman–Crippen MR) is 214 cm³/mol. The zero-order chi connectivity index (χ0) is 36.2. The van der Waals surface area contributed by atoms with Crippen LogP contribution in [-0.4, -0.2) is 3.71 Å². The monoisotopic (exact) mass is 802 g/mol. The maximum atomic E-state index is 3.65. The molecule has 0 radical (unpaired) electrons. The molecule has 0 amide bonds. The van der Waals surface area contributed by atoms with Crippen molar-refractivity contribution in [1.82, 2.24) is 0 Å². The fraction of sp³-hybridized carbons (Fsp3) is 0.367. The first-order valence-electron chi connectivity index (χ1n) is 18.6. The first kappa shape index (κ1) is 42.2. The molecule has 4 aromatic rings. The predicted octanol–water partition coefficient (Wildman–Crippen LogP) is 7.13. The minimum atomic E-state index is 0. The Hall–Kier alpha value is -2.57. The molecule has 0 saturated carbocycles. The van der Waals surface area contributed by atoms with E-state index in [-0.39, 0.29) is 35.6 Å². The van der Waals surface area contributed by atoms with Crippen LogP contribution in [0.15, 0.2) is 90.0 Å². The Morgan fingerprint density at radius 2 is 1.42 bits per heavy atom. The van der Waals surface area contributed by atoms with Crippen molar-refractivity contribution in [3.05, 3.63) is 141 Å². The number of allylic oxidation sites excluding steroid dienone is 8. The fourth-order valence-corrected chi connectivity index (χ4v) is 9.13. The summed E-state index contributed by atoms with van der Waals surface area (Å²) >= 11 is 1.46. The first-order chi connectivity index (χ1) is 23.6. The van der Waals surface area contributed by atoms with Crippen molar-refractivity contribution in [2.75, 3.05) is 0 Å². The van der Waals surface area contributed by atoms with Crippen LogP contribution in [0.3, 0.4) is 0 Å². The standard InChI is InChI=1S/C25H25.C13H21.C11H8.2ClH.Zr/c1-14-12-24(3,4)22-8-16-7-17-9-23-19(15(2)13-25(23,5)6)11-21(17)20(16)10-18(14)22;1-6-10-8-11(7-2)12(9-10)13(3,4)5;1-9-5-4-7-10-6-2-3-8-11(9)10;;;/h8-12H,7H2,1-6H3;9-10H,6-7H2,1-5H3;1-8H;2*1H;/q2*-1;;;;+2/p-2. The Kier molecular flexibility index (Phi) is 13.0. The third-order valence-corrected chi connectivity index (χ3v) is 11.8. The molecule has 0 saturated heterocycles. The topological polar surface area (TPSA) is 0 Å². The van der Waals surface area contributed by atoms with Crippen molar-refractivity contribution in [3.8, 4) is 11.1 Å². The number of halogens is 2. The normalized spacial score (nSPS) is 18.0. The summed E-state index contributed by atoms with van der Waals surface area (Å²) in [6.07, 6.45) is 15.4. The summed E-state index contributed by atoms with van der Waals surface area (Å²) in [5.74, 6) is 0.573. The van der Waals surface area contributed by atoms with Gasteiger partial charge in [0, 0.05) is 5.41 Å². The number of hydrogen-bond acceptors (Lipinski definition) is 0. The summed E-state index contributed by atoms with van der Waals surface area (Å²) in [6, 6.07) is 24.7. The van der Waals surface area contributed by atoms with Gasteiger partial charge in [-0.05, 0) is 58.4 Å². The van der Waals surface area contributed by atoms with Crippen LogP contribution in [0, 0.1) is 23.5 Å². The van der Waals surface area contributed by atoms with Crippen molar-refractivity contribution in [3.63, 3.8) is 0 Å². The van der Waals surface area contributed by atoms with Gasteiger partial charge < -0.3 is 24.8 Å². The van der Waals surface area contributed by atoms with Crippen LogP contribution in [0.25, 0.3) is 33.0 Å². The molecule has 0 N–H and O–H groups in total. The van der Waals surface area contributed by atoms with Gasteiger partial charge in [-0.25, -0.2) is 11.1 Å². The molecule has 4 aliphatic carbocycles. The van der Waals surface area contributed by atoms with E-state index in [1.165, 1.54) is 114 Å². The van der Waals surface area contributed by atoms with Crippen molar-refractivity contribution in [1.29, 1.82) is 0 Å². The van der Waals surface area contributed by atoms with Gasteiger partial charge in [0.05, 0.1) is 0 Å². The maximum absolute atomic E-state index is 3.65. The molecule has 4 aromatic carbocycles. The second-order valence-electron chi connectivity index (χ2n) is 16.7. The summed E-state index contributed by atoms with van der Waals surface area (Å²) in [5.41, 5.74) is 19.2. The first-order valence-corrected chi connectivity index (χ1v) is 20.0. The average molecular weight is 805 g/mol. The molecule has 3 heteroatoms. The van der Waals surface area contributed by atoms with Crippen molar-refractivity contribution in [2.45, 2.75) is 106 Å². The van der Waals surface area contributed by atoms with Gasteiger partial charge in [0.2, 0.25) is 0 Å². The van der Waals surface area contributed by atoms with Gasteiger partial charge in [-0.15, -0.1) is 11.6 Å². The van der Waals surface area contributed by atoms with E-state index in [1.807, 2.05) is 0 Å². The second kappa shape index (κ2) is 16.0. The molecule has 4 aliphatic rings. The molecule has 270 valence electrons. The molecule has 0 aromatic heterocycles. The molecule has 0 heterocycles. The van der Waals surface area contributed by atoms with E-state index < -0.39 is 0 Å². The van der Waals surface area contributed by atoms with Crippen LogP contribution >= 0.6 is 0 Å². The number of benzene rings is 4. The Labute approximate surface area is 342 Å². The molecule has 0 nitrogen and oxygen atoms in total. The van der Waals surface area contributed by atoms with Crippen molar-refractivity contribution >= 4 is 25.6 Å². The van der Waals surface area contributed by atoms with E-state index in [2.05, 4.69) is 171 Å². The van der Waals surface area contributed by atoms with E-state index in [4.69, 9.17) is 0 Å². The van der Waals surface area contributed by atoms with E-state index in [0.29, 0.717) is 11.3 Å². The quantitative estimate of drug-likeness (QED) is 0.171. The van der Waals surface area contributed by atoms with Crippen LogP contribution in [0.2, 0.25) is 0 Å². The third kappa shape index (κ3) is 8.09. The molecule has 1 atom stereocenters. The van der Waals surface area contributed by atoms with Crippen LogP contribution in [0.4, 0.5) is 0 Å². The third-order valence-electron chi connectivity index (χ3n) is 11.1. The summed E-state index contributed by atoms with van der Waals surface area (Å²) in [6.45, 7) is 25.0. The van der Waals surface area contributed by atoms with Crippen molar-refractivity contribution in [2.24, 2.45) is 11.3 Å². The van der Waals surface area contributed by atoms with Gasteiger partial charge in [0.15, 0.2) is 0 Å². The second-order valence-corrected chi connectivity index (χ2v) is 17.5. The Bertz CT molecular complexity index is 2040. The van der Waals surface area contributed by atoms with Crippen LogP contribution < -0.4 is 24.8 Å². The SMILES string of the molecule is CC1=[C-]C(C)(C)c2cc3c(cc21)-c1cc2c(cc1C3)C(C)(C)C=C2C.CCC1=[C-]C(CC)C=C1C(C)(C)C.[Cl-].[Cl-].[Zr+2]=[CH]c1cccc2ccccc12. The zero-order valence-corrected chi connectivity index (χ0v) is 37.0. The van der Waals surface area contributed by atoms with E-state index in [9.17, 15) is 0 Å². The summed E-state index contributed by atoms with van der Waals surface area (Å²) in [7, 11) is 0. The average Bonchev–Trinajstić information content (AvgIpc) is 3.78. The molecule has 0 aliphatic heterocycles. The molecule has 0 spiro atoms. The molecule has 52 heavy (non-hydrogen) atoms. The van der Waals surface area contributed by atoms with Crippen molar-refractivity contribution < 1.29 is 49.0 Å². The van der Waals surface area contributed by atoms with Gasteiger partial charge in [-0.1, -0.05) is 117 Å². The Morgan fingerprint density at radius 3 is 2.02 bits per heavy atom. The van der Waals surface area contributed by atoms with Gasteiger partial charge >= 0.3 is 86.7 Å². The van der Waals surface area contributed by atoms with Gasteiger partial charge in [0.25, 0.3) is 0 Å². The van der Waals surface area contributed by atoms with Gasteiger partial charge in [0.1, 0.15) is 0 Å². The number of rotatable bonds is 3. The minimum absolute atomic E-state index is 0. The molecule has 8 rings (SSSR count).